The third-order valence-corrected chi connectivity index (χ3v) is 4.78. The van der Waals surface area contributed by atoms with Gasteiger partial charge in [-0.15, -0.1) is 11.3 Å². The minimum Gasteiger partial charge on any atom is -0.481 e. The lowest BCUT2D eigenvalue weighted by Crippen LogP contribution is -2.51. The topological polar surface area (TPSA) is 96.6 Å². The van der Waals surface area contributed by atoms with Gasteiger partial charge in [0.25, 0.3) is 0 Å². The molecule has 1 saturated heterocycles. The van der Waals surface area contributed by atoms with E-state index in [2.05, 4.69) is 4.98 Å². The Labute approximate surface area is 124 Å². The molecule has 1 aliphatic heterocycles. The Balaban J connectivity index is 1.90. The highest BCUT2D eigenvalue weighted by Crippen LogP contribution is 2.40. The van der Waals surface area contributed by atoms with Gasteiger partial charge in [0.15, 0.2) is 5.52 Å². The number of fused-ring (bicyclic) bond motifs is 1. The van der Waals surface area contributed by atoms with Crippen molar-refractivity contribution in [3.63, 3.8) is 0 Å². The van der Waals surface area contributed by atoms with Crippen molar-refractivity contribution >= 4 is 38.9 Å². The number of hydrogen-bond donors (Lipinski definition) is 1. The highest BCUT2D eigenvalue weighted by atomic mass is 32.1. The quantitative estimate of drug-likeness (QED) is 0.688. The van der Waals surface area contributed by atoms with E-state index in [-0.39, 0.29) is 11.6 Å². The van der Waals surface area contributed by atoms with E-state index >= 15 is 0 Å². The van der Waals surface area contributed by atoms with Crippen LogP contribution < -0.4 is 4.90 Å². The first-order chi connectivity index (χ1) is 9.99. The van der Waals surface area contributed by atoms with E-state index in [0.29, 0.717) is 24.3 Å². The van der Waals surface area contributed by atoms with Crippen LogP contribution in [0.15, 0.2) is 17.6 Å². The van der Waals surface area contributed by atoms with Crippen LogP contribution >= 0.6 is 11.3 Å². The molecule has 1 aromatic carbocycles. The summed E-state index contributed by atoms with van der Waals surface area (Å²) in [6.45, 7) is 2.70. The summed E-state index contributed by atoms with van der Waals surface area (Å²) in [7, 11) is 0. The average Bonchev–Trinajstić information content (AvgIpc) is 2.83. The number of hydrogen-bond acceptors (Lipinski definition) is 6. The van der Waals surface area contributed by atoms with E-state index in [4.69, 9.17) is 5.11 Å². The maximum Gasteiger partial charge on any atom is 0.319 e. The van der Waals surface area contributed by atoms with Crippen LogP contribution in [-0.4, -0.2) is 34.1 Å². The smallest absolute Gasteiger partial charge is 0.319 e. The molecular formula is C13H13N3O4S. The van der Waals surface area contributed by atoms with Crippen molar-refractivity contribution in [2.24, 2.45) is 11.8 Å². The van der Waals surface area contributed by atoms with Gasteiger partial charge in [0.1, 0.15) is 5.69 Å². The van der Waals surface area contributed by atoms with Crippen LogP contribution in [0.25, 0.3) is 10.2 Å². The standard InChI is InChI=1S/C13H13N3O4S/c1-7(13(17)18)8-4-15(5-8)9-2-3-10-11(14-6-21-10)12(9)16(19)20/h2-3,6-8H,4-5H2,1H3,(H,17,18). The lowest BCUT2D eigenvalue weighted by Gasteiger charge is -2.42. The molecule has 2 heterocycles. The highest BCUT2D eigenvalue weighted by Gasteiger charge is 2.38. The van der Waals surface area contributed by atoms with Gasteiger partial charge in [0.2, 0.25) is 0 Å². The molecule has 1 N–H and O–H groups in total. The highest BCUT2D eigenvalue weighted by molar-refractivity contribution is 7.16. The molecule has 0 radical (unpaired) electrons. The van der Waals surface area contributed by atoms with Crippen molar-refractivity contribution in [2.75, 3.05) is 18.0 Å². The molecule has 3 rings (SSSR count). The molecule has 21 heavy (non-hydrogen) atoms. The van der Waals surface area contributed by atoms with E-state index < -0.39 is 16.8 Å². The Morgan fingerprint density at radius 3 is 2.90 bits per heavy atom. The molecule has 1 fully saturated rings. The summed E-state index contributed by atoms with van der Waals surface area (Å²) in [6, 6.07) is 3.55. The summed E-state index contributed by atoms with van der Waals surface area (Å²) in [5, 5.41) is 20.3. The van der Waals surface area contributed by atoms with Gasteiger partial charge in [-0.05, 0) is 12.1 Å². The van der Waals surface area contributed by atoms with Crippen molar-refractivity contribution in [2.45, 2.75) is 6.92 Å². The summed E-state index contributed by atoms with van der Waals surface area (Å²) >= 11 is 1.36. The zero-order chi connectivity index (χ0) is 15.1. The molecule has 1 aliphatic rings. The minimum absolute atomic E-state index is 0.00942. The molecule has 7 nitrogen and oxygen atoms in total. The first-order valence-corrected chi connectivity index (χ1v) is 7.35. The fraction of sp³-hybridized carbons (Fsp3) is 0.385. The van der Waals surface area contributed by atoms with E-state index in [0.717, 1.165) is 4.70 Å². The number of anilines is 1. The van der Waals surface area contributed by atoms with Gasteiger partial charge in [-0.2, -0.15) is 0 Å². The van der Waals surface area contributed by atoms with Gasteiger partial charge in [-0.3, -0.25) is 14.9 Å². The molecule has 0 saturated carbocycles. The second-order valence-electron chi connectivity index (χ2n) is 5.18. The summed E-state index contributed by atoms with van der Waals surface area (Å²) in [5.41, 5.74) is 2.52. The second kappa shape index (κ2) is 4.96. The first-order valence-electron chi connectivity index (χ1n) is 6.47. The molecule has 2 aromatic rings. The molecule has 0 aliphatic carbocycles. The number of benzene rings is 1. The number of nitro benzene ring substituents is 1. The van der Waals surface area contributed by atoms with Crippen LogP contribution in [0.3, 0.4) is 0 Å². The predicted molar refractivity (Wildman–Crippen MR) is 78.8 cm³/mol. The number of rotatable bonds is 4. The number of carbonyl (C=O) groups is 1. The maximum atomic E-state index is 11.4. The summed E-state index contributed by atoms with van der Waals surface area (Å²) in [4.78, 5) is 27.8. The van der Waals surface area contributed by atoms with Crippen molar-refractivity contribution < 1.29 is 14.8 Å². The fourth-order valence-electron chi connectivity index (χ4n) is 2.57. The number of carboxylic acids is 1. The predicted octanol–water partition coefficient (Wildman–Crippen LogP) is 2.36. The Hall–Kier alpha value is -2.22. The lowest BCUT2D eigenvalue weighted by atomic mass is 9.86. The monoisotopic (exact) mass is 307 g/mol. The zero-order valence-corrected chi connectivity index (χ0v) is 12.0. The van der Waals surface area contributed by atoms with Gasteiger partial charge < -0.3 is 10.0 Å². The molecule has 1 atom stereocenters. The Kier molecular flexibility index (Phi) is 3.25. The van der Waals surface area contributed by atoms with Crippen LogP contribution in [0.5, 0.6) is 0 Å². The van der Waals surface area contributed by atoms with E-state index in [1.807, 2.05) is 11.0 Å². The van der Waals surface area contributed by atoms with Crippen LogP contribution in [0.1, 0.15) is 6.92 Å². The fourth-order valence-corrected chi connectivity index (χ4v) is 3.25. The molecule has 0 bridgehead atoms. The normalized spacial score (nSPS) is 16.7. The molecule has 110 valence electrons. The molecular weight excluding hydrogens is 294 g/mol. The van der Waals surface area contributed by atoms with Gasteiger partial charge in [-0.1, -0.05) is 6.92 Å². The molecule has 0 spiro atoms. The van der Waals surface area contributed by atoms with E-state index in [1.165, 1.54) is 11.3 Å². The van der Waals surface area contributed by atoms with Crippen molar-refractivity contribution in [1.82, 2.24) is 4.98 Å². The molecule has 0 amide bonds. The third kappa shape index (κ3) is 2.21. The van der Waals surface area contributed by atoms with E-state index in [9.17, 15) is 14.9 Å². The lowest BCUT2D eigenvalue weighted by molar-refractivity contribution is -0.382. The summed E-state index contributed by atoms with van der Waals surface area (Å²) < 4.78 is 0.779. The maximum absolute atomic E-state index is 11.4. The van der Waals surface area contributed by atoms with E-state index in [1.54, 1.807) is 18.5 Å². The van der Waals surface area contributed by atoms with Crippen LogP contribution in [-0.2, 0) is 4.79 Å². The largest absolute Gasteiger partial charge is 0.481 e. The van der Waals surface area contributed by atoms with Crippen molar-refractivity contribution in [1.29, 1.82) is 0 Å². The number of thiazole rings is 1. The summed E-state index contributed by atoms with van der Waals surface area (Å²) in [5.74, 6) is -1.25. The van der Waals surface area contributed by atoms with Gasteiger partial charge >= 0.3 is 11.7 Å². The van der Waals surface area contributed by atoms with Crippen molar-refractivity contribution in [3.05, 3.63) is 27.8 Å². The number of aliphatic carboxylic acids is 1. The average molecular weight is 307 g/mol. The van der Waals surface area contributed by atoms with Crippen LogP contribution in [0.2, 0.25) is 0 Å². The number of nitrogens with zero attached hydrogens (tertiary/aromatic N) is 3. The Morgan fingerprint density at radius 2 is 2.29 bits per heavy atom. The van der Waals surface area contributed by atoms with Crippen LogP contribution in [0.4, 0.5) is 11.4 Å². The second-order valence-corrected chi connectivity index (χ2v) is 6.07. The molecule has 8 heteroatoms. The first kappa shape index (κ1) is 13.7. The summed E-state index contributed by atoms with van der Waals surface area (Å²) in [6.07, 6.45) is 0. The number of aromatic nitrogens is 1. The van der Waals surface area contributed by atoms with Gasteiger partial charge in [-0.25, -0.2) is 4.98 Å². The Bertz CT molecular complexity index is 723. The van der Waals surface area contributed by atoms with Crippen LogP contribution in [0, 0.1) is 22.0 Å². The zero-order valence-electron chi connectivity index (χ0n) is 11.2. The molecule has 1 aromatic heterocycles. The van der Waals surface area contributed by atoms with Gasteiger partial charge in [0.05, 0.1) is 21.1 Å². The molecule has 1 unspecified atom stereocenters. The van der Waals surface area contributed by atoms with Gasteiger partial charge in [0, 0.05) is 19.0 Å². The number of carboxylic acid groups (broad SMARTS) is 1. The third-order valence-electron chi connectivity index (χ3n) is 3.98. The SMILES string of the molecule is CC(C(=O)O)C1CN(c2ccc3scnc3c2[N+](=O)[O-])C1. The number of nitro groups is 1. The minimum atomic E-state index is -0.830. The Morgan fingerprint density at radius 1 is 1.57 bits per heavy atom. The van der Waals surface area contributed by atoms with Crippen molar-refractivity contribution in [3.8, 4) is 0 Å².